The third-order valence-corrected chi connectivity index (χ3v) is 7.26. The summed E-state index contributed by atoms with van der Waals surface area (Å²) >= 11 is 3.98. The van der Waals surface area contributed by atoms with Crippen molar-refractivity contribution in [3.63, 3.8) is 0 Å². The Hall–Kier alpha value is -0.480. The number of hydrogen-bond acceptors (Lipinski definition) is 5. The number of sulfonamides is 1. The molecule has 20 heavy (non-hydrogen) atoms. The number of halogens is 1. The average molecular weight is 384 g/mol. The van der Waals surface area contributed by atoms with Crippen molar-refractivity contribution in [2.24, 2.45) is 0 Å². The summed E-state index contributed by atoms with van der Waals surface area (Å²) in [5.41, 5.74) is -0.691. The van der Waals surface area contributed by atoms with Gasteiger partial charge in [0.05, 0.1) is 15.4 Å². The average Bonchev–Trinajstić information content (AvgIpc) is 2.84. The van der Waals surface area contributed by atoms with Crippen LogP contribution < -0.4 is 4.72 Å². The van der Waals surface area contributed by atoms with Crippen LogP contribution in [0.2, 0.25) is 0 Å². The molecule has 2 unspecified atom stereocenters. The number of aromatic carboxylic acids is 1. The van der Waals surface area contributed by atoms with Crippen molar-refractivity contribution in [2.45, 2.75) is 36.8 Å². The molecule has 1 aromatic heterocycles. The number of carbonyl (C=O) groups is 1. The van der Waals surface area contributed by atoms with Gasteiger partial charge in [0, 0.05) is 6.61 Å². The molecule has 2 atom stereocenters. The van der Waals surface area contributed by atoms with Gasteiger partial charge in [0.25, 0.3) is 0 Å². The van der Waals surface area contributed by atoms with Crippen molar-refractivity contribution in [1.29, 1.82) is 0 Å². The Balaban J connectivity index is 2.34. The largest absolute Gasteiger partial charge is 0.477 e. The number of thiophene rings is 1. The summed E-state index contributed by atoms with van der Waals surface area (Å²) in [6.45, 7) is 4.08. The van der Waals surface area contributed by atoms with Crippen molar-refractivity contribution >= 4 is 43.3 Å². The smallest absolute Gasteiger partial charge is 0.345 e. The minimum absolute atomic E-state index is 0.0295. The molecule has 1 saturated heterocycles. The maximum Gasteiger partial charge on any atom is 0.345 e. The van der Waals surface area contributed by atoms with Crippen LogP contribution in [0.3, 0.4) is 0 Å². The molecule has 0 radical (unpaired) electrons. The minimum Gasteiger partial charge on any atom is -0.477 e. The minimum atomic E-state index is -3.81. The predicted molar refractivity (Wildman–Crippen MR) is 77.7 cm³/mol. The Morgan fingerprint density at radius 3 is 2.75 bits per heavy atom. The molecule has 1 aliphatic heterocycles. The molecule has 1 aliphatic rings. The number of hydrogen-bond donors (Lipinski definition) is 2. The zero-order valence-corrected chi connectivity index (χ0v) is 14.1. The summed E-state index contributed by atoms with van der Waals surface area (Å²) in [5, 5.41) is 8.92. The molecular formula is C11H14BrNO5S2. The number of nitrogens with one attached hydrogen (secondary N) is 1. The van der Waals surface area contributed by atoms with Gasteiger partial charge in [-0.15, -0.1) is 11.3 Å². The van der Waals surface area contributed by atoms with Crippen LogP contribution in [0.15, 0.2) is 14.7 Å². The molecule has 2 heterocycles. The highest BCUT2D eigenvalue weighted by Crippen LogP contribution is 2.34. The fourth-order valence-corrected chi connectivity index (χ4v) is 5.87. The maximum atomic E-state index is 12.4. The van der Waals surface area contributed by atoms with Crippen molar-refractivity contribution < 1.29 is 23.1 Å². The van der Waals surface area contributed by atoms with Crippen LogP contribution in [0.25, 0.3) is 0 Å². The summed E-state index contributed by atoms with van der Waals surface area (Å²) in [5.74, 6) is -1.15. The molecule has 0 saturated carbocycles. The first-order valence-electron chi connectivity index (χ1n) is 5.84. The Bertz CT molecular complexity index is 641. The molecule has 112 valence electrons. The molecule has 9 heteroatoms. The van der Waals surface area contributed by atoms with Gasteiger partial charge in [0.2, 0.25) is 10.0 Å². The molecule has 0 amide bonds. The second-order valence-electron chi connectivity index (χ2n) is 4.84. The lowest BCUT2D eigenvalue weighted by molar-refractivity contribution is 0.0702. The Morgan fingerprint density at radius 1 is 1.65 bits per heavy atom. The summed E-state index contributed by atoms with van der Waals surface area (Å²) in [7, 11) is -3.81. The van der Waals surface area contributed by atoms with Gasteiger partial charge in [-0.1, -0.05) is 0 Å². The van der Waals surface area contributed by atoms with E-state index in [1.165, 1.54) is 0 Å². The fraction of sp³-hybridized carbons (Fsp3) is 0.545. The highest BCUT2D eigenvalue weighted by Gasteiger charge is 2.41. The maximum absolute atomic E-state index is 12.4. The highest BCUT2D eigenvalue weighted by molar-refractivity contribution is 9.11. The van der Waals surface area contributed by atoms with Crippen LogP contribution in [0, 0.1) is 0 Å². The number of rotatable bonds is 4. The number of ether oxygens (including phenoxy) is 1. The quantitative estimate of drug-likeness (QED) is 0.829. The van der Waals surface area contributed by atoms with Crippen LogP contribution in [0.1, 0.15) is 29.9 Å². The molecule has 1 aromatic rings. The lowest BCUT2D eigenvalue weighted by Crippen LogP contribution is -2.50. The molecular weight excluding hydrogens is 370 g/mol. The number of carboxylic acids is 1. The zero-order chi connectivity index (χ0) is 15.1. The van der Waals surface area contributed by atoms with Crippen LogP contribution in [-0.4, -0.2) is 37.7 Å². The van der Waals surface area contributed by atoms with Gasteiger partial charge in [-0.05, 0) is 42.3 Å². The molecule has 0 bridgehead atoms. The summed E-state index contributed by atoms with van der Waals surface area (Å²) in [6, 6.07) is 1.16. The van der Waals surface area contributed by atoms with E-state index in [4.69, 9.17) is 9.84 Å². The van der Waals surface area contributed by atoms with Gasteiger partial charge < -0.3 is 9.84 Å². The molecule has 0 spiro atoms. The Morgan fingerprint density at radius 2 is 2.30 bits per heavy atom. The fourth-order valence-electron chi connectivity index (χ4n) is 1.97. The van der Waals surface area contributed by atoms with Gasteiger partial charge in [-0.2, -0.15) is 0 Å². The van der Waals surface area contributed by atoms with Crippen LogP contribution >= 0.6 is 27.3 Å². The van der Waals surface area contributed by atoms with Crippen molar-refractivity contribution in [3.8, 4) is 0 Å². The lowest BCUT2D eigenvalue weighted by Gasteiger charge is -2.28. The van der Waals surface area contributed by atoms with Crippen molar-refractivity contribution in [1.82, 2.24) is 4.72 Å². The molecule has 6 nitrogen and oxygen atoms in total. The third kappa shape index (κ3) is 2.91. The van der Waals surface area contributed by atoms with Gasteiger partial charge >= 0.3 is 5.97 Å². The van der Waals surface area contributed by atoms with E-state index in [1.54, 1.807) is 13.8 Å². The summed E-state index contributed by atoms with van der Waals surface area (Å²) < 4.78 is 33.1. The second kappa shape index (κ2) is 5.38. The highest BCUT2D eigenvalue weighted by atomic mass is 79.9. The van der Waals surface area contributed by atoms with E-state index in [9.17, 15) is 13.2 Å². The van der Waals surface area contributed by atoms with E-state index >= 15 is 0 Å². The SMILES string of the molecule is CC1OCCC1(C)NS(=O)(=O)c1cc(C(=O)O)sc1Br. The Labute approximate surface area is 129 Å². The lowest BCUT2D eigenvalue weighted by atomic mass is 9.97. The topological polar surface area (TPSA) is 92.7 Å². The first kappa shape index (κ1) is 15.9. The van der Waals surface area contributed by atoms with Crippen molar-refractivity contribution in [3.05, 3.63) is 14.7 Å². The third-order valence-electron chi connectivity index (χ3n) is 3.41. The molecule has 2 rings (SSSR count). The first-order valence-corrected chi connectivity index (χ1v) is 8.93. The summed E-state index contributed by atoms with van der Waals surface area (Å²) in [6.07, 6.45) is 0.328. The number of carboxylic acid groups (broad SMARTS) is 1. The van der Waals surface area contributed by atoms with Gasteiger partial charge in [-0.3, -0.25) is 0 Å². The van der Waals surface area contributed by atoms with Crippen molar-refractivity contribution in [2.75, 3.05) is 6.61 Å². The van der Waals surface area contributed by atoms with Gasteiger partial charge in [-0.25, -0.2) is 17.9 Å². The molecule has 2 N–H and O–H groups in total. The van der Waals surface area contributed by atoms with E-state index in [0.29, 0.717) is 13.0 Å². The first-order chi connectivity index (χ1) is 9.16. The zero-order valence-electron chi connectivity index (χ0n) is 10.8. The van der Waals surface area contributed by atoms with Crippen LogP contribution in [0.5, 0.6) is 0 Å². The van der Waals surface area contributed by atoms with Gasteiger partial charge in [0.1, 0.15) is 9.77 Å². The van der Waals surface area contributed by atoms with E-state index in [1.807, 2.05) is 0 Å². The van der Waals surface area contributed by atoms with E-state index in [2.05, 4.69) is 20.7 Å². The predicted octanol–water partition coefficient (Wildman–Crippen LogP) is 2.05. The van der Waals surface area contributed by atoms with Crippen LogP contribution in [-0.2, 0) is 14.8 Å². The van der Waals surface area contributed by atoms with E-state index in [0.717, 1.165) is 17.4 Å². The second-order valence-corrected chi connectivity index (χ2v) is 8.86. The van der Waals surface area contributed by atoms with Crippen LogP contribution in [0.4, 0.5) is 0 Å². The monoisotopic (exact) mass is 383 g/mol. The standard InChI is InChI=1S/C11H14BrNO5S2/c1-6-11(2,3-4-18-6)13-20(16,17)8-5-7(10(14)15)19-9(8)12/h5-6,13H,3-4H2,1-2H3,(H,14,15). The summed E-state index contributed by atoms with van der Waals surface area (Å²) in [4.78, 5) is 10.8. The normalized spacial score (nSPS) is 26.9. The Kier molecular flexibility index (Phi) is 4.27. The van der Waals surface area contributed by atoms with Gasteiger partial charge in [0.15, 0.2) is 0 Å². The molecule has 1 fully saturated rings. The molecule has 0 aromatic carbocycles. The molecule has 0 aliphatic carbocycles. The van der Waals surface area contributed by atoms with E-state index < -0.39 is 21.5 Å². The van der Waals surface area contributed by atoms with E-state index in [-0.39, 0.29) is 19.7 Å².